The molecule has 1 amide bonds. The first-order valence-electron chi connectivity index (χ1n) is 6.20. The topological polar surface area (TPSA) is 46.3 Å². The number of thiophene rings is 1. The van der Waals surface area contributed by atoms with Crippen LogP contribution in [0.15, 0.2) is 18.2 Å². The zero-order valence-electron chi connectivity index (χ0n) is 11.6. The maximum absolute atomic E-state index is 13.8. The van der Waals surface area contributed by atoms with Crippen LogP contribution < -0.4 is 5.73 Å². The van der Waals surface area contributed by atoms with Gasteiger partial charge in [-0.05, 0) is 25.3 Å². The molecular weight excluding hydrogens is 295 g/mol. The quantitative estimate of drug-likeness (QED) is 0.940. The van der Waals surface area contributed by atoms with Crippen molar-refractivity contribution in [2.75, 3.05) is 24.8 Å². The number of amides is 1. The molecule has 0 aliphatic carbocycles. The van der Waals surface area contributed by atoms with Crippen LogP contribution in [0.1, 0.15) is 16.6 Å². The van der Waals surface area contributed by atoms with E-state index in [0.717, 1.165) is 5.75 Å². The van der Waals surface area contributed by atoms with Crippen molar-refractivity contribution in [2.45, 2.75) is 13.0 Å². The molecule has 1 aromatic carbocycles. The molecule has 0 radical (unpaired) electrons. The molecule has 6 heteroatoms. The van der Waals surface area contributed by atoms with Gasteiger partial charge in [0.2, 0.25) is 0 Å². The number of nitrogen functional groups attached to an aromatic ring is 1. The van der Waals surface area contributed by atoms with Gasteiger partial charge >= 0.3 is 0 Å². The standard InChI is InChI=1S/C14H17FN2OS2/c1-8(7-19-3)17(2)14(18)13-12(16)11-9(15)5-4-6-10(11)20-13/h4-6,8H,7,16H2,1-3H3. The lowest BCUT2D eigenvalue weighted by atomic mass is 10.2. The SMILES string of the molecule is CSCC(C)N(C)C(=O)c1sc2cccc(F)c2c1N. The molecule has 0 saturated heterocycles. The van der Waals surface area contributed by atoms with Crippen LogP contribution >= 0.6 is 23.1 Å². The van der Waals surface area contributed by atoms with E-state index in [-0.39, 0.29) is 23.5 Å². The predicted octanol–water partition coefficient (Wildman–Crippen LogP) is 3.45. The Morgan fingerprint density at radius 3 is 2.85 bits per heavy atom. The van der Waals surface area contributed by atoms with Crippen molar-refractivity contribution in [1.29, 1.82) is 0 Å². The van der Waals surface area contributed by atoms with E-state index in [1.54, 1.807) is 35.8 Å². The van der Waals surface area contributed by atoms with E-state index in [9.17, 15) is 9.18 Å². The number of thioether (sulfide) groups is 1. The largest absolute Gasteiger partial charge is 0.397 e. The first kappa shape index (κ1) is 15.1. The Bertz CT molecular complexity index is 641. The molecule has 0 fully saturated rings. The maximum Gasteiger partial charge on any atom is 0.266 e. The number of hydrogen-bond acceptors (Lipinski definition) is 4. The molecule has 1 aromatic heterocycles. The fraction of sp³-hybridized carbons (Fsp3) is 0.357. The van der Waals surface area contributed by atoms with E-state index in [4.69, 9.17) is 5.73 Å². The number of fused-ring (bicyclic) bond motifs is 1. The molecule has 1 atom stereocenters. The highest BCUT2D eigenvalue weighted by molar-refractivity contribution is 7.98. The van der Waals surface area contributed by atoms with E-state index in [1.165, 1.54) is 17.4 Å². The first-order chi connectivity index (χ1) is 9.47. The molecule has 0 saturated carbocycles. The zero-order valence-corrected chi connectivity index (χ0v) is 13.3. The van der Waals surface area contributed by atoms with Crippen molar-refractivity contribution >= 4 is 44.8 Å². The van der Waals surface area contributed by atoms with Crippen molar-refractivity contribution in [3.63, 3.8) is 0 Å². The van der Waals surface area contributed by atoms with E-state index in [1.807, 2.05) is 13.2 Å². The Hall–Kier alpha value is -1.27. The number of carbonyl (C=O) groups excluding carboxylic acids is 1. The average molecular weight is 312 g/mol. The smallest absolute Gasteiger partial charge is 0.266 e. The van der Waals surface area contributed by atoms with Crippen molar-refractivity contribution in [3.05, 3.63) is 28.9 Å². The van der Waals surface area contributed by atoms with E-state index < -0.39 is 0 Å². The van der Waals surface area contributed by atoms with Crippen molar-refractivity contribution < 1.29 is 9.18 Å². The summed E-state index contributed by atoms with van der Waals surface area (Å²) in [5.41, 5.74) is 6.22. The number of hydrogen-bond donors (Lipinski definition) is 1. The Balaban J connectivity index is 2.40. The van der Waals surface area contributed by atoms with Gasteiger partial charge in [-0.3, -0.25) is 4.79 Å². The average Bonchev–Trinajstić information content (AvgIpc) is 2.76. The number of rotatable bonds is 4. The van der Waals surface area contributed by atoms with Gasteiger partial charge in [0.25, 0.3) is 5.91 Å². The van der Waals surface area contributed by atoms with Gasteiger partial charge in [-0.1, -0.05) is 6.07 Å². The lowest BCUT2D eigenvalue weighted by Gasteiger charge is -2.23. The number of nitrogens with zero attached hydrogens (tertiary/aromatic N) is 1. The molecule has 2 N–H and O–H groups in total. The van der Waals surface area contributed by atoms with Crippen molar-refractivity contribution in [1.82, 2.24) is 4.90 Å². The van der Waals surface area contributed by atoms with Gasteiger partial charge in [-0.2, -0.15) is 11.8 Å². The Labute approximate surface area is 125 Å². The van der Waals surface area contributed by atoms with E-state index in [0.29, 0.717) is 15.0 Å². The highest BCUT2D eigenvalue weighted by Crippen LogP contribution is 2.36. The minimum absolute atomic E-state index is 0.104. The predicted molar refractivity (Wildman–Crippen MR) is 86.1 cm³/mol. The highest BCUT2D eigenvalue weighted by atomic mass is 32.2. The maximum atomic E-state index is 13.8. The number of anilines is 1. The molecule has 108 valence electrons. The molecule has 20 heavy (non-hydrogen) atoms. The second kappa shape index (κ2) is 6.01. The van der Waals surface area contributed by atoms with Crippen LogP contribution in [0.2, 0.25) is 0 Å². The fourth-order valence-electron chi connectivity index (χ4n) is 2.00. The third-order valence-electron chi connectivity index (χ3n) is 3.28. The Morgan fingerprint density at radius 2 is 2.25 bits per heavy atom. The van der Waals surface area contributed by atoms with E-state index >= 15 is 0 Å². The molecular formula is C14H17FN2OS2. The number of nitrogens with two attached hydrogens (primary N) is 1. The molecule has 0 aliphatic rings. The van der Waals surface area contributed by atoms with Gasteiger partial charge < -0.3 is 10.6 Å². The van der Waals surface area contributed by atoms with Crippen molar-refractivity contribution in [2.24, 2.45) is 0 Å². The lowest BCUT2D eigenvalue weighted by Crippen LogP contribution is -2.36. The third-order valence-corrected chi connectivity index (χ3v) is 5.26. The third kappa shape index (κ3) is 2.62. The van der Waals surface area contributed by atoms with E-state index in [2.05, 4.69) is 0 Å². The monoisotopic (exact) mass is 312 g/mol. The van der Waals surface area contributed by atoms with Crippen LogP contribution in [-0.2, 0) is 0 Å². The lowest BCUT2D eigenvalue weighted by molar-refractivity contribution is 0.0763. The van der Waals surface area contributed by atoms with Gasteiger partial charge in [0, 0.05) is 23.5 Å². The van der Waals surface area contributed by atoms with Gasteiger partial charge in [-0.25, -0.2) is 4.39 Å². The second-order valence-corrected chi connectivity index (χ2v) is 6.64. The van der Waals surface area contributed by atoms with Gasteiger partial charge in [0.15, 0.2) is 0 Å². The molecule has 2 aromatic rings. The zero-order chi connectivity index (χ0) is 14.9. The van der Waals surface area contributed by atoms with Gasteiger partial charge in [0.1, 0.15) is 10.7 Å². The number of benzene rings is 1. The minimum atomic E-state index is -0.380. The van der Waals surface area contributed by atoms with Crippen molar-refractivity contribution in [3.8, 4) is 0 Å². The number of halogens is 1. The summed E-state index contributed by atoms with van der Waals surface area (Å²) in [5.74, 6) is 0.321. The summed E-state index contributed by atoms with van der Waals surface area (Å²) >= 11 is 2.93. The molecule has 0 aliphatic heterocycles. The van der Waals surface area contributed by atoms with Crippen LogP contribution in [0.4, 0.5) is 10.1 Å². The highest BCUT2D eigenvalue weighted by Gasteiger charge is 2.23. The van der Waals surface area contributed by atoms with Crippen LogP contribution in [0.25, 0.3) is 10.1 Å². The summed E-state index contributed by atoms with van der Waals surface area (Å²) in [5, 5.41) is 0.353. The van der Waals surface area contributed by atoms with Crippen LogP contribution in [0.3, 0.4) is 0 Å². The molecule has 3 nitrogen and oxygen atoms in total. The summed E-state index contributed by atoms with van der Waals surface area (Å²) in [6.45, 7) is 1.98. The first-order valence-corrected chi connectivity index (χ1v) is 8.41. The van der Waals surface area contributed by atoms with Crippen LogP contribution in [-0.4, -0.2) is 35.9 Å². The van der Waals surface area contributed by atoms with Crippen LogP contribution in [0.5, 0.6) is 0 Å². The molecule has 0 bridgehead atoms. The second-order valence-electron chi connectivity index (χ2n) is 4.68. The Kier molecular flexibility index (Phi) is 4.55. The molecule has 2 rings (SSSR count). The van der Waals surface area contributed by atoms with Gasteiger partial charge in [0.05, 0.1) is 11.1 Å². The summed E-state index contributed by atoms with van der Waals surface area (Å²) in [6, 6.07) is 4.87. The summed E-state index contributed by atoms with van der Waals surface area (Å²) in [6.07, 6.45) is 2.00. The Morgan fingerprint density at radius 1 is 1.55 bits per heavy atom. The summed E-state index contributed by atoms with van der Waals surface area (Å²) in [7, 11) is 1.75. The normalized spacial score (nSPS) is 12.6. The van der Waals surface area contributed by atoms with Gasteiger partial charge in [-0.15, -0.1) is 11.3 Å². The fourth-order valence-corrected chi connectivity index (χ4v) is 3.83. The number of carbonyl (C=O) groups is 1. The summed E-state index contributed by atoms with van der Waals surface area (Å²) in [4.78, 5) is 14.6. The molecule has 1 heterocycles. The minimum Gasteiger partial charge on any atom is -0.397 e. The van der Waals surface area contributed by atoms with Crippen LogP contribution in [0, 0.1) is 5.82 Å². The summed E-state index contributed by atoms with van der Waals surface area (Å²) < 4.78 is 14.5. The molecule has 0 spiro atoms. The molecule has 1 unspecified atom stereocenters.